The summed E-state index contributed by atoms with van der Waals surface area (Å²) in [5.74, 6) is 0.453. The highest BCUT2D eigenvalue weighted by Gasteiger charge is 1.96. The number of aryl methyl sites for hydroxylation is 1. The summed E-state index contributed by atoms with van der Waals surface area (Å²) in [5, 5.41) is 3.08. The van der Waals surface area contributed by atoms with Gasteiger partial charge in [0.25, 0.3) is 0 Å². The van der Waals surface area contributed by atoms with E-state index in [2.05, 4.69) is 29.4 Å². The normalized spacial score (nSPS) is 10.9. The standard InChI is InChI=1S/C13H21N3O.HI/c1-3-11-6-4-7-12(10-11)16-13(14)15-8-5-9-17-2;/h4,6-7,10H,3,5,8-9H2,1-2H3,(H3,14,15,16);1H. The lowest BCUT2D eigenvalue weighted by Crippen LogP contribution is -2.23. The first-order valence-corrected chi connectivity index (χ1v) is 5.91. The Labute approximate surface area is 126 Å². The third-order valence-corrected chi connectivity index (χ3v) is 2.40. The van der Waals surface area contributed by atoms with Crippen LogP contribution in [0.4, 0.5) is 5.69 Å². The average Bonchev–Trinajstić information content (AvgIpc) is 2.35. The van der Waals surface area contributed by atoms with Crippen molar-refractivity contribution in [3.63, 3.8) is 0 Å². The Bertz CT molecular complexity index is 369. The molecule has 1 aromatic rings. The van der Waals surface area contributed by atoms with Crippen molar-refractivity contribution in [1.82, 2.24) is 0 Å². The van der Waals surface area contributed by atoms with Crippen LogP contribution in [0, 0.1) is 0 Å². The molecule has 1 aromatic carbocycles. The first-order valence-electron chi connectivity index (χ1n) is 5.91. The Kier molecular flexibility index (Phi) is 9.67. The molecule has 0 aliphatic rings. The molecule has 0 amide bonds. The van der Waals surface area contributed by atoms with Crippen molar-refractivity contribution in [2.75, 3.05) is 25.6 Å². The summed E-state index contributed by atoms with van der Waals surface area (Å²) in [5.41, 5.74) is 8.04. The van der Waals surface area contributed by atoms with Crippen LogP contribution >= 0.6 is 24.0 Å². The van der Waals surface area contributed by atoms with Gasteiger partial charge < -0.3 is 15.8 Å². The maximum atomic E-state index is 5.78. The first-order chi connectivity index (χ1) is 8.26. The second kappa shape index (κ2) is 10.1. The van der Waals surface area contributed by atoms with E-state index in [0.29, 0.717) is 19.1 Å². The van der Waals surface area contributed by atoms with Gasteiger partial charge in [-0.1, -0.05) is 19.1 Å². The maximum absolute atomic E-state index is 5.78. The van der Waals surface area contributed by atoms with Gasteiger partial charge in [-0.05, 0) is 30.5 Å². The second-order valence-electron chi connectivity index (χ2n) is 3.79. The van der Waals surface area contributed by atoms with Crippen LogP contribution in [0.5, 0.6) is 0 Å². The van der Waals surface area contributed by atoms with Gasteiger partial charge in [0.1, 0.15) is 0 Å². The fourth-order valence-electron chi connectivity index (χ4n) is 1.46. The molecule has 0 fully saturated rings. The Morgan fingerprint density at radius 3 is 2.89 bits per heavy atom. The van der Waals surface area contributed by atoms with Crippen LogP contribution in [-0.4, -0.2) is 26.2 Å². The third-order valence-electron chi connectivity index (χ3n) is 2.40. The van der Waals surface area contributed by atoms with Crippen molar-refractivity contribution >= 4 is 35.6 Å². The molecule has 0 aliphatic carbocycles. The zero-order valence-electron chi connectivity index (χ0n) is 11.0. The largest absolute Gasteiger partial charge is 0.385 e. The fourth-order valence-corrected chi connectivity index (χ4v) is 1.46. The number of aliphatic imine (C=N–C) groups is 1. The van der Waals surface area contributed by atoms with E-state index in [0.717, 1.165) is 18.5 Å². The van der Waals surface area contributed by atoms with Gasteiger partial charge in [0.15, 0.2) is 5.96 Å². The van der Waals surface area contributed by atoms with Crippen LogP contribution in [0.25, 0.3) is 0 Å². The summed E-state index contributed by atoms with van der Waals surface area (Å²) in [4.78, 5) is 4.22. The second-order valence-corrected chi connectivity index (χ2v) is 3.79. The zero-order valence-corrected chi connectivity index (χ0v) is 13.3. The molecule has 102 valence electrons. The van der Waals surface area contributed by atoms with Gasteiger partial charge in [-0.25, -0.2) is 0 Å². The number of hydrogen-bond acceptors (Lipinski definition) is 2. The van der Waals surface area contributed by atoms with Crippen LogP contribution in [0.15, 0.2) is 29.3 Å². The highest BCUT2D eigenvalue weighted by atomic mass is 127. The topological polar surface area (TPSA) is 59.6 Å². The summed E-state index contributed by atoms with van der Waals surface area (Å²) >= 11 is 0. The molecule has 5 heteroatoms. The van der Waals surface area contributed by atoms with Crippen LogP contribution in [0.2, 0.25) is 0 Å². The molecule has 18 heavy (non-hydrogen) atoms. The Morgan fingerprint density at radius 2 is 2.22 bits per heavy atom. The molecule has 0 atom stereocenters. The Morgan fingerprint density at radius 1 is 1.44 bits per heavy atom. The average molecular weight is 363 g/mol. The predicted octanol–water partition coefficient (Wildman–Crippen LogP) is 2.63. The number of anilines is 1. The lowest BCUT2D eigenvalue weighted by molar-refractivity contribution is 0.197. The summed E-state index contributed by atoms with van der Waals surface area (Å²) in [6.45, 7) is 3.52. The van der Waals surface area contributed by atoms with Gasteiger partial charge >= 0.3 is 0 Å². The summed E-state index contributed by atoms with van der Waals surface area (Å²) in [6, 6.07) is 8.17. The molecule has 0 saturated heterocycles. The van der Waals surface area contributed by atoms with Crippen molar-refractivity contribution in [2.45, 2.75) is 19.8 Å². The van der Waals surface area contributed by atoms with E-state index >= 15 is 0 Å². The number of rotatable bonds is 6. The predicted molar refractivity (Wildman–Crippen MR) is 87.8 cm³/mol. The van der Waals surface area contributed by atoms with Gasteiger partial charge in [-0.15, -0.1) is 24.0 Å². The maximum Gasteiger partial charge on any atom is 0.193 e. The number of benzene rings is 1. The fraction of sp³-hybridized carbons (Fsp3) is 0.462. The van der Waals surface area contributed by atoms with E-state index in [4.69, 9.17) is 10.5 Å². The smallest absolute Gasteiger partial charge is 0.193 e. The lowest BCUT2D eigenvalue weighted by Gasteiger charge is -2.07. The number of nitrogens with zero attached hydrogens (tertiary/aromatic N) is 1. The van der Waals surface area contributed by atoms with Crippen molar-refractivity contribution in [2.24, 2.45) is 10.7 Å². The van der Waals surface area contributed by atoms with Crippen LogP contribution < -0.4 is 11.1 Å². The van der Waals surface area contributed by atoms with E-state index in [-0.39, 0.29) is 24.0 Å². The van der Waals surface area contributed by atoms with Crippen molar-refractivity contribution in [3.8, 4) is 0 Å². The number of nitrogens with one attached hydrogen (secondary N) is 1. The molecular weight excluding hydrogens is 341 g/mol. The minimum atomic E-state index is 0. The Balaban J connectivity index is 0.00000289. The van der Waals surface area contributed by atoms with Gasteiger partial charge in [-0.2, -0.15) is 0 Å². The molecular formula is C13H22IN3O. The SMILES string of the molecule is CCc1cccc(NC(N)=NCCCOC)c1.I. The van der Waals surface area contributed by atoms with Crippen molar-refractivity contribution in [1.29, 1.82) is 0 Å². The number of halogens is 1. The number of guanidine groups is 1. The number of nitrogens with two attached hydrogens (primary N) is 1. The van der Waals surface area contributed by atoms with Gasteiger partial charge in [0, 0.05) is 25.9 Å². The van der Waals surface area contributed by atoms with Crippen LogP contribution in [-0.2, 0) is 11.2 Å². The third kappa shape index (κ3) is 6.80. The first kappa shape index (κ1) is 17.2. The van der Waals surface area contributed by atoms with Gasteiger partial charge in [0.05, 0.1) is 0 Å². The molecule has 3 N–H and O–H groups in total. The monoisotopic (exact) mass is 363 g/mol. The van der Waals surface area contributed by atoms with E-state index in [1.54, 1.807) is 7.11 Å². The van der Waals surface area contributed by atoms with Gasteiger partial charge in [0.2, 0.25) is 0 Å². The van der Waals surface area contributed by atoms with Gasteiger partial charge in [-0.3, -0.25) is 4.99 Å². The zero-order chi connectivity index (χ0) is 12.5. The lowest BCUT2D eigenvalue weighted by atomic mass is 10.1. The summed E-state index contributed by atoms with van der Waals surface area (Å²) in [6.07, 6.45) is 1.90. The van der Waals surface area contributed by atoms with Crippen LogP contribution in [0.3, 0.4) is 0 Å². The molecule has 0 heterocycles. The van der Waals surface area contributed by atoms with E-state index in [1.165, 1.54) is 5.56 Å². The molecule has 0 spiro atoms. The minimum absolute atomic E-state index is 0. The minimum Gasteiger partial charge on any atom is -0.385 e. The molecule has 0 aromatic heterocycles. The Hall–Kier alpha value is -0.820. The highest BCUT2D eigenvalue weighted by Crippen LogP contribution is 2.10. The molecule has 4 nitrogen and oxygen atoms in total. The molecule has 0 unspecified atom stereocenters. The quantitative estimate of drug-likeness (QED) is 0.354. The molecule has 0 saturated carbocycles. The molecule has 0 aliphatic heterocycles. The molecule has 0 radical (unpaired) electrons. The number of ether oxygens (including phenoxy) is 1. The summed E-state index contributed by atoms with van der Waals surface area (Å²) in [7, 11) is 1.68. The van der Waals surface area contributed by atoms with Crippen molar-refractivity contribution in [3.05, 3.63) is 29.8 Å². The van der Waals surface area contributed by atoms with E-state index in [9.17, 15) is 0 Å². The van der Waals surface area contributed by atoms with Crippen LogP contribution in [0.1, 0.15) is 18.9 Å². The van der Waals surface area contributed by atoms with E-state index < -0.39 is 0 Å². The number of hydrogen-bond donors (Lipinski definition) is 2. The number of methoxy groups -OCH3 is 1. The molecule has 0 bridgehead atoms. The van der Waals surface area contributed by atoms with Crippen molar-refractivity contribution < 1.29 is 4.74 Å². The molecule has 1 rings (SSSR count). The summed E-state index contributed by atoms with van der Waals surface area (Å²) < 4.78 is 4.94. The highest BCUT2D eigenvalue weighted by molar-refractivity contribution is 14.0. The van der Waals surface area contributed by atoms with E-state index in [1.807, 2.05) is 12.1 Å².